The van der Waals surface area contributed by atoms with Crippen LogP contribution in [0.15, 0.2) is 30.5 Å². The van der Waals surface area contributed by atoms with Crippen molar-refractivity contribution < 1.29 is 4.74 Å². The van der Waals surface area contributed by atoms with Gasteiger partial charge in [0.1, 0.15) is 11.6 Å². The van der Waals surface area contributed by atoms with E-state index in [1.165, 1.54) is 5.39 Å². The molecule has 0 amide bonds. The Balaban J connectivity index is 2.45. The highest BCUT2D eigenvalue weighted by molar-refractivity contribution is 5.92. The Hall–Kier alpha value is -1.77. The molecule has 3 heteroatoms. The molecule has 2 aromatic rings. The average Bonchev–Trinajstić information content (AvgIpc) is 2.29. The van der Waals surface area contributed by atoms with Crippen molar-refractivity contribution in [1.82, 2.24) is 4.98 Å². The second kappa shape index (κ2) is 5.04. The number of anilines is 1. The van der Waals surface area contributed by atoms with E-state index >= 15 is 0 Å². The minimum Gasteiger partial charge on any atom is -0.491 e. The van der Waals surface area contributed by atoms with Crippen LogP contribution in [0.3, 0.4) is 0 Å². The van der Waals surface area contributed by atoms with E-state index in [1.54, 1.807) is 0 Å². The molecule has 0 atom stereocenters. The van der Waals surface area contributed by atoms with Crippen LogP contribution in [0.2, 0.25) is 0 Å². The molecule has 0 aliphatic carbocycles. The zero-order chi connectivity index (χ0) is 12.3. The molecule has 3 nitrogen and oxygen atoms in total. The number of hydrogen-bond acceptors (Lipinski definition) is 3. The molecule has 17 heavy (non-hydrogen) atoms. The van der Waals surface area contributed by atoms with Crippen LogP contribution >= 0.6 is 0 Å². The first kappa shape index (κ1) is 11.7. The van der Waals surface area contributed by atoms with Gasteiger partial charge in [-0.15, -0.1) is 0 Å². The van der Waals surface area contributed by atoms with Crippen molar-refractivity contribution >= 4 is 16.6 Å². The first-order valence-electron chi connectivity index (χ1n) is 6.00. The van der Waals surface area contributed by atoms with Gasteiger partial charge in [-0.3, -0.25) is 0 Å². The zero-order valence-electron chi connectivity index (χ0n) is 10.5. The summed E-state index contributed by atoms with van der Waals surface area (Å²) in [6.45, 7) is 6.98. The van der Waals surface area contributed by atoms with Crippen molar-refractivity contribution in [1.29, 1.82) is 0 Å². The molecule has 90 valence electrons. The van der Waals surface area contributed by atoms with Crippen molar-refractivity contribution in [2.75, 3.05) is 11.9 Å². The fraction of sp³-hybridized carbons (Fsp3) is 0.357. The largest absolute Gasteiger partial charge is 0.491 e. The Bertz CT molecular complexity index is 509. The monoisotopic (exact) mass is 230 g/mol. The maximum Gasteiger partial charge on any atom is 0.133 e. The van der Waals surface area contributed by atoms with Crippen LogP contribution in [0.25, 0.3) is 10.8 Å². The lowest BCUT2D eigenvalue weighted by molar-refractivity contribution is 0.243. The summed E-state index contributed by atoms with van der Waals surface area (Å²) in [6, 6.07) is 8.11. The van der Waals surface area contributed by atoms with Crippen LogP contribution in [0, 0.1) is 0 Å². The first-order chi connectivity index (χ1) is 8.20. The third-order valence-electron chi connectivity index (χ3n) is 2.45. The van der Waals surface area contributed by atoms with Crippen LogP contribution in [-0.4, -0.2) is 17.6 Å². The van der Waals surface area contributed by atoms with Gasteiger partial charge in [0.05, 0.1) is 6.10 Å². The summed E-state index contributed by atoms with van der Waals surface area (Å²) in [5, 5.41) is 5.54. The van der Waals surface area contributed by atoms with E-state index in [0.717, 1.165) is 23.5 Å². The Labute approximate surface area is 102 Å². The van der Waals surface area contributed by atoms with Gasteiger partial charge in [0.25, 0.3) is 0 Å². The molecule has 0 aliphatic rings. The van der Waals surface area contributed by atoms with E-state index in [4.69, 9.17) is 4.74 Å². The molecule has 0 saturated heterocycles. The molecule has 1 N–H and O–H groups in total. The molecule has 1 aromatic heterocycles. The van der Waals surface area contributed by atoms with E-state index in [2.05, 4.69) is 23.3 Å². The van der Waals surface area contributed by atoms with Crippen molar-refractivity contribution in [2.24, 2.45) is 0 Å². The summed E-state index contributed by atoms with van der Waals surface area (Å²) in [5.74, 6) is 1.80. The molecule has 1 aromatic carbocycles. The molecule has 1 heterocycles. The summed E-state index contributed by atoms with van der Waals surface area (Å²) in [5.41, 5.74) is 0. The first-order valence-corrected chi connectivity index (χ1v) is 6.00. The summed E-state index contributed by atoms with van der Waals surface area (Å²) in [4.78, 5) is 4.35. The standard InChI is InChI=1S/C14H18N2O/c1-4-15-14-13-9-12(17-10(2)3)6-5-11(13)7-8-16-14/h5-10H,4H2,1-3H3,(H,15,16). The Morgan fingerprint density at radius 3 is 2.82 bits per heavy atom. The third kappa shape index (κ3) is 2.67. The van der Waals surface area contributed by atoms with E-state index < -0.39 is 0 Å². The van der Waals surface area contributed by atoms with Crippen molar-refractivity contribution in [2.45, 2.75) is 26.9 Å². The molecule has 0 fully saturated rings. The predicted molar refractivity (Wildman–Crippen MR) is 71.7 cm³/mol. The highest BCUT2D eigenvalue weighted by Gasteiger charge is 2.04. The van der Waals surface area contributed by atoms with E-state index in [-0.39, 0.29) is 6.10 Å². The Kier molecular flexibility index (Phi) is 3.47. The smallest absolute Gasteiger partial charge is 0.133 e. The lowest BCUT2D eigenvalue weighted by Gasteiger charge is -2.12. The lowest BCUT2D eigenvalue weighted by atomic mass is 10.1. The van der Waals surface area contributed by atoms with Gasteiger partial charge >= 0.3 is 0 Å². The minimum absolute atomic E-state index is 0.187. The molecular formula is C14H18N2O. The molecule has 0 unspecified atom stereocenters. The molecule has 0 spiro atoms. The normalized spacial score (nSPS) is 10.8. The number of rotatable bonds is 4. The van der Waals surface area contributed by atoms with Crippen LogP contribution in [0.5, 0.6) is 5.75 Å². The summed E-state index contributed by atoms with van der Waals surface area (Å²) in [6.07, 6.45) is 2.01. The summed E-state index contributed by atoms with van der Waals surface area (Å²) in [7, 11) is 0. The van der Waals surface area contributed by atoms with Gasteiger partial charge < -0.3 is 10.1 Å². The SMILES string of the molecule is CCNc1nccc2ccc(OC(C)C)cc12. The van der Waals surface area contributed by atoms with Gasteiger partial charge in [0.2, 0.25) is 0 Å². The van der Waals surface area contributed by atoms with E-state index in [9.17, 15) is 0 Å². The number of aromatic nitrogens is 1. The number of hydrogen-bond donors (Lipinski definition) is 1. The molecule has 0 radical (unpaired) electrons. The van der Waals surface area contributed by atoms with Gasteiger partial charge in [-0.2, -0.15) is 0 Å². The number of ether oxygens (including phenoxy) is 1. The maximum absolute atomic E-state index is 5.70. The van der Waals surface area contributed by atoms with Crippen LogP contribution in [-0.2, 0) is 0 Å². The number of nitrogens with one attached hydrogen (secondary N) is 1. The van der Waals surface area contributed by atoms with Gasteiger partial charge in [0, 0.05) is 18.1 Å². The second-order valence-corrected chi connectivity index (χ2v) is 4.24. The summed E-state index contributed by atoms with van der Waals surface area (Å²) < 4.78 is 5.70. The van der Waals surface area contributed by atoms with Gasteiger partial charge in [-0.05, 0) is 44.4 Å². The van der Waals surface area contributed by atoms with E-state index in [1.807, 2.05) is 38.2 Å². The van der Waals surface area contributed by atoms with Gasteiger partial charge in [0.15, 0.2) is 0 Å². The van der Waals surface area contributed by atoms with E-state index in [0.29, 0.717) is 0 Å². The van der Waals surface area contributed by atoms with Crippen molar-refractivity contribution in [3.63, 3.8) is 0 Å². The number of pyridine rings is 1. The zero-order valence-corrected chi connectivity index (χ0v) is 10.5. The van der Waals surface area contributed by atoms with Crippen LogP contribution in [0.4, 0.5) is 5.82 Å². The second-order valence-electron chi connectivity index (χ2n) is 4.24. The highest BCUT2D eigenvalue weighted by Crippen LogP contribution is 2.26. The Morgan fingerprint density at radius 1 is 1.29 bits per heavy atom. The highest BCUT2D eigenvalue weighted by atomic mass is 16.5. The Morgan fingerprint density at radius 2 is 2.12 bits per heavy atom. The molecule has 2 rings (SSSR count). The quantitative estimate of drug-likeness (QED) is 0.873. The third-order valence-corrected chi connectivity index (χ3v) is 2.45. The van der Waals surface area contributed by atoms with Gasteiger partial charge in [-0.1, -0.05) is 6.07 Å². The summed E-state index contributed by atoms with van der Waals surface area (Å²) >= 11 is 0. The fourth-order valence-corrected chi connectivity index (χ4v) is 1.80. The number of fused-ring (bicyclic) bond motifs is 1. The van der Waals surface area contributed by atoms with Gasteiger partial charge in [-0.25, -0.2) is 4.98 Å². The molecule has 0 saturated carbocycles. The van der Waals surface area contributed by atoms with Crippen LogP contribution < -0.4 is 10.1 Å². The van der Waals surface area contributed by atoms with Crippen LogP contribution in [0.1, 0.15) is 20.8 Å². The molecule has 0 aliphatic heterocycles. The topological polar surface area (TPSA) is 34.2 Å². The lowest BCUT2D eigenvalue weighted by Crippen LogP contribution is -2.05. The van der Waals surface area contributed by atoms with Crippen molar-refractivity contribution in [3.8, 4) is 5.75 Å². The van der Waals surface area contributed by atoms with Crippen molar-refractivity contribution in [3.05, 3.63) is 30.5 Å². The maximum atomic E-state index is 5.70. The molecular weight excluding hydrogens is 212 g/mol. The predicted octanol–water partition coefficient (Wildman–Crippen LogP) is 3.45. The number of benzene rings is 1. The molecule has 0 bridgehead atoms. The fourth-order valence-electron chi connectivity index (χ4n) is 1.80. The number of nitrogens with zero attached hydrogens (tertiary/aromatic N) is 1. The average molecular weight is 230 g/mol. The minimum atomic E-state index is 0.187.